The number of nitrogens with one attached hydrogen (secondary N) is 2. The van der Waals surface area contributed by atoms with Gasteiger partial charge in [-0.05, 0) is 23.6 Å². The van der Waals surface area contributed by atoms with Gasteiger partial charge < -0.3 is 15.4 Å². The number of rotatable bonds is 5. The number of carbonyl (C=O) groups is 1. The molecule has 0 saturated carbocycles. The molecule has 1 heterocycles. The van der Waals surface area contributed by atoms with Crippen LogP contribution in [0.1, 0.15) is 24.8 Å². The van der Waals surface area contributed by atoms with Crippen molar-refractivity contribution < 1.29 is 13.9 Å². The third kappa shape index (κ3) is 5.99. The highest BCUT2D eigenvalue weighted by Gasteiger charge is 2.17. The molecule has 118 valence electrons. The molecule has 0 aliphatic carbocycles. The van der Waals surface area contributed by atoms with Gasteiger partial charge in [0, 0.05) is 25.6 Å². The zero-order valence-corrected chi connectivity index (χ0v) is 12.9. The van der Waals surface area contributed by atoms with Crippen LogP contribution in [0.2, 0.25) is 0 Å². The Morgan fingerprint density at radius 3 is 2.81 bits per heavy atom. The molecule has 2 N–H and O–H groups in total. The molecule has 0 bridgehead atoms. The minimum atomic E-state index is -0.242. The first-order chi connectivity index (χ1) is 9.65. The van der Waals surface area contributed by atoms with Crippen LogP contribution in [0.15, 0.2) is 24.3 Å². The Balaban J connectivity index is 0.00000220. The second kappa shape index (κ2) is 8.97. The zero-order chi connectivity index (χ0) is 14.4. The Morgan fingerprint density at radius 1 is 1.48 bits per heavy atom. The van der Waals surface area contributed by atoms with E-state index in [0.29, 0.717) is 26.2 Å². The normalized spacial score (nSPS) is 19.4. The Bertz CT molecular complexity index is 436. The SMILES string of the molecule is CC(CNC(=O)CC1COCCN1)c1ccc(F)cc1.Cl. The number of ether oxygens (including phenoxy) is 1. The zero-order valence-electron chi connectivity index (χ0n) is 12.1. The molecule has 4 nitrogen and oxygen atoms in total. The van der Waals surface area contributed by atoms with Gasteiger partial charge in [-0.3, -0.25) is 4.79 Å². The Labute approximate surface area is 130 Å². The summed E-state index contributed by atoms with van der Waals surface area (Å²) in [7, 11) is 0. The Hall–Kier alpha value is -1.17. The van der Waals surface area contributed by atoms with Crippen molar-refractivity contribution in [3.63, 3.8) is 0 Å². The highest BCUT2D eigenvalue weighted by atomic mass is 35.5. The number of carbonyl (C=O) groups excluding carboxylic acids is 1. The molecule has 0 aromatic heterocycles. The van der Waals surface area contributed by atoms with E-state index in [1.54, 1.807) is 12.1 Å². The lowest BCUT2D eigenvalue weighted by atomic mass is 10.0. The smallest absolute Gasteiger partial charge is 0.221 e. The lowest BCUT2D eigenvalue weighted by molar-refractivity contribution is -0.122. The van der Waals surface area contributed by atoms with Crippen LogP contribution in [0, 0.1) is 5.82 Å². The molecular formula is C15H22ClFN2O2. The van der Waals surface area contributed by atoms with Crippen molar-refractivity contribution in [1.82, 2.24) is 10.6 Å². The van der Waals surface area contributed by atoms with Crippen molar-refractivity contribution >= 4 is 18.3 Å². The topological polar surface area (TPSA) is 50.4 Å². The number of morpholine rings is 1. The van der Waals surface area contributed by atoms with Gasteiger partial charge in [0.15, 0.2) is 0 Å². The third-order valence-corrected chi connectivity index (χ3v) is 3.47. The van der Waals surface area contributed by atoms with Gasteiger partial charge in [0.1, 0.15) is 5.82 Å². The summed E-state index contributed by atoms with van der Waals surface area (Å²) in [5.41, 5.74) is 1.02. The predicted molar refractivity (Wildman–Crippen MR) is 82.3 cm³/mol. The molecule has 1 saturated heterocycles. The van der Waals surface area contributed by atoms with Gasteiger partial charge in [-0.2, -0.15) is 0 Å². The van der Waals surface area contributed by atoms with Gasteiger partial charge in [-0.15, -0.1) is 12.4 Å². The van der Waals surface area contributed by atoms with E-state index < -0.39 is 0 Å². The van der Waals surface area contributed by atoms with Crippen molar-refractivity contribution in [3.8, 4) is 0 Å². The van der Waals surface area contributed by atoms with Crippen molar-refractivity contribution in [2.24, 2.45) is 0 Å². The van der Waals surface area contributed by atoms with Crippen LogP contribution in [-0.2, 0) is 9.53 Å². The van der Waals surface area contributed by atoms with Crippen molar-refractivity contribution in [2.75, 3.05) is 26.3 Å². The second-order valence-corrected chi connectivity index (χ2v) is 5.19. The summed E-state index contributed by atoms with van der Waals surface area (Å²) in [5.74, 6) is -0.0644. The summed E-state index contributed by atoms with van der Waals surface area (Å²) < 4.78 is 18.1. The minimum Gasteiger partial charge on any atom is -0.378 e. The summed E-state index contributed by atoms with van der Waals surface area (Å²) in [6.45, 7) is 4.65. The first-order valence-electron chi connectivity index (χ1n) is 6.98. The van der Waals surface area contributed by atoms with Crippen LogP contribution >= 0.6 is 12.4 Å². The number of hydrogen-bond acceptors (Lipinski definition) is 3. The fraction of sp³-hybridized carbons (Fsp3) is 0.533. The Morgan fingerprint density at radius 2 is 2.19 bits per heavy atom. The van der Waals surface area contributed by atoms with Gasteiger partial charge >= 0.3 is 0 Å². The van der Waals surface area contributed by atoms with Crippen LogP contribution in [0.4, 0.5) is 4.39 Å². The van der Waals surface area contributed by atoms with Crippen molar-refractivity contribution in [2.45, 2.75) is 25.3 Å². The van der Waals surface area contributed by atoms with Crippen molar-refractivity contribution in [1.29, 1.82) is 0 Å². The summed E-state index contributed by atoms with van der Waals surface area (Å²) in [6, 6.07) is 6.49. The van der Waals surface area contributed by atoms with Crippen LogP contribution in [-0.4, -0.2) is 38.3 Å². The summed E-state index contributed by atoms with van der Waals surface area (Å²) in [5, 5.41) is 6.16. The average Bonchev–Trinajstić information content (AvgIpc) is 2.46. The largest absolute Gasteiger partial charge is 0.378 e. The predicted octanol–water partition coefficient (Wildman–Crippen LogP) is 1.85. The van der Waals surface area contributed by atoms with E-state index in [0.717, 1.165) is 12.1 Å². The van der Waals surface area contributed by atoms with E-state index in [1.165, 1.54) is 12.1 Å². The summed E-state index contributed by atoms with van der Waals surface area (Å²) in [6.07, 6.45) is 0.427. The van der Waals surface area contributed by atoms with Crippen molar-refractivity contribution in [3.05, 3.63) is 35.6 Å². The maximum atomic E-state index is 12.8. The molecule has 2 atom stereocenters. The van der Waals surface area contributed by atoms with E-state index in [-0.39, 0.29) is 36.1 Å². The molecule has 1 fully saturated rings. The van der Waals surface area contributed by atoms with Crippen LogP contribution in [0.3, 0.4) is 0 Å². The van der Waals surface area contributed by atoms with Gasteiger partial charge in [0.05, 0.1) is 13.2 Å². The fourth-order valence-electron chi connectivity index (χ4n) is 2.22. The molecule has 2 unspecified atom stereocenters. The maximum absolute atomic E-state index is 12.8. The third-order valence-electron chi connectivity index (χ3n) is 3.47. The van der Waals surface area contributed by atoms with Gasteiger partial charge in [-0.25, -0.2) is 4.39 Å². The lowest BCUT2D eigenvalue weighted by Gasteiger charge is -2.23. The molecule has 6 heteroatoms. The fourth-order valence-corrected chi connectivity index (χ4v) is 2.22. The van der Waals surface area contributed by atoms with E-state index in [1.807, 2.05) is 6.92 Å². The quantitative estimate of drug-likeness (QED) is 0.871. The molecule has 1 amide bonds. The van der Waals surface area contributed by atoms with Gasteiger partial charge in [-0.1, -0.05) is 19.1 Å². The summed E-state index contributed by atoms with van der Waals surface area (Å²) in [4.78, 5) is 11.8. The van der Waals surface area contributed by atoms with E-state index in [9.17, 15) is 9.18 Å². The lowest BCUT2D eigenvalue weighted by Crippen LogP contribution is -2.44. The standard InChI is InChI=1S/C15H21FN2O2.ClH/c1-11(12-2-4-13(16)5-3-12)9-18-15(19)8-14-10-20-7-6-17-14;/h2-5,11,14,17H,6-10H2,1H3,(H,18,19);1H. The van der Waals surface area contributed by atoms with Gasteiger partial charge in [0.25, 0.3) is 0 Å². The van der Waals surface area contributed by atoms with Gasteiger partial charge in [0.2, 0.25) is 5.91 Å². The molecule has 1 aromatic rings. The number of hydrogen-bond donors (Lipinski definition) is 2. The minimum absolute atomic E-state index is 0. The Kier molecular flexibility index (Phi) is 7.64. The molecule has 1 aromatic carbocycles. The highest BCUT2D eigenvalue weighted by Crippen LogP contribution is 2.14. The molecule has 0 radical (unpaired) electrons. The van der Waals surface area contributed by atoms with Crippen LogP contribution in [0.25, 0.3) is 0 Å². The first kappa shape index (κ1) is 17.9. The molecule has 2 rings (SSSR count). The van der Waals surface area contributed by atoms with E-state index >= 15 is 0 Å². The second-order valence-electron chi connectivity index (χ2n) is 5.19. The first-order valence-corrected chi connectivity index (χ1v) is 6.98. The number of benzene rings is 1. The van der Waals surface area contributed by atoms with E-state index in [4.69, 9.17) is 4.74 Å². The average molecular weight is 317 g/mol. The summed E-state index contributed by atoms with van der Waals surface area (Å²) >= 11 is 0. The molecule has 21 heavy (non-hydrogen) atoms. The molecule has 1 aliphatic rings. The number of amides is 1. The number of halogens is 2. The highest BCUT2D eigenvalue weighted by molar-refractivity contribution is 5.85. The molecule has 0 spiro atoms. The maximum Gasteiger partial charge on any atom is 0.221 e. The molecular weight excluding hydrogens is 295 g/mol. The molecule has 1 aliphatic heterocycles. The van der Waals surface area contributed by atoms with E-state index in [2.05, 4.69) is 10.6 Å². The van der Waals surface area contributed by atoms with Crippen LogP contribution < -0.4 is 10.6 Å². The van der Waals surface area contributed by atoms with Crippen LogP contribution in [0.5, 0.6) is 0 Å². The monoisotopic (exact) mass is 316 g/mol.